The molecule has 2 aromatic rings. The van der Waals surface area contributed by atoms with Crippen molar-refractivity contribution in [3.63, 3.8) is 0 Å². The monoisotopic (exact) mass is 568 g/mol. The first-order chi connectivity index (χ1) is 15.4. The van der Waals surface area contributed by atoms with E-state index in [0.717, 1.165) is 28.1 Å². The highest BCUT2D eigenvalue weighted by atomic mass is 127. The Bertz CT molecular complexity index is 903. The molecule has 0 bridgehead atoms. The third-order valence-corrected chi connectivity index (χ3v) is 4.70. The number of nitrogens with one attached hydrogen (secondary N) is 3. The van der Waals surface area contributed by atoms with Crippen LogP contribution in [0.25, 0.3) is 0 Å². The van der Waals surface area contributed by atoms with E-state index in [9.17, 15) is 4.79 Å². The molecule has 0 aliphatic carbocycles. The van der Waals surface area contributed by atoms with Crippen LogP contribution < -0.4 is 20.7 Å². The Morgan fingerprint density at radius 2 is 1.82 bits per heavy atom. The molecule has 0 fully saturated rings. The van der Waals surface area contributed by atoms with Crippen molar-refractivity contribution in [2.24, 2.45) is 10.9 Å². The van der Waals surface area contributed by atoms with E-state index in [1.165, 1.54) is 0 Å². The summed E-state index contributed by atoms with van der Waals surface area (Å²) < 4.78 is 10.9. The number of amides is 1. The smallest absolute Gasteiger partial charge is 0.224 e. The molecule has 8 heteroatoms. The van der Waals surface area contributed by atoms with Gasteiger partial charge in [0.25, 0.3) is 0 Å². The van der Waals surface area contributed by atoms with Crippen LogP contribution in [0.4, 0.5) is 5.69 Å². The number of hydrogen-bond acceptors (Lipinski definition) is 4. The summed E-state index contributed by atoms with van der Waals surface area (Å²) in [5, 5.41) is 9.61. The first-order valence-electron chi connectivity index (χ1n) is 11.0. The molecule has 0 heterocycles. The summed E-state index contributed by atoms with van der Waals surface area (Å²) in [6.45, 7) is 8.31. The van der Waals surface area contributed by atoms with Gasteiger partial charge in [-0.3, -0.25) is 9.79 Å². The van der Waals surface area contributed by atoms with E-state index < -0.39 is 0 Å². The van der Waals surface area contributed by atoms with Gasteiger partial charge in [0.1, 0.15) is 12.4 Å². The van der Waals surface area contributed by atoms with Gasteiger partial charge in [0, 0.05) is 44.9 Å². The van der Waals surface area contributed by atoms with E-state index in [2.05, 4.69) is 33.1 Å². The van der Waals surface area contributed by atoms with Crippen LogP contribution >= 0.6 is 24.0 Å². The number of aliphatic imine (C=N–C) groups is 1. The molecular formula is C25H37IN4O3. The van der Waals surface area contributed by atoms with Gasteiger partial charge >= 0.3 is 0 Å². The SMILES string of the molecule is CN=C(NCc1cccc(NC(=O)CC(C)C)c1)NCc1ccc(C)cc1OCCOC.I. The van der Waals surface area contributed by atoms with Crippen molar-refractivity contribution < 1.29 is 14.3 Å². The predicted octanol–water partition coefficient (Wildman–Crippen LogP) is 4.49. The lowest BCUT2D eigenvalue weighted by Crippen LogP contribution is -2.36. The average Bonchev–Trinajstić information content (AvgIpc) is 2.75. The van der Waals surface area contributed by atoms with Crippen LogP contribution in [0.2, 0.25) is 0 Å². The number of carbonyl (C=O) groups excluding carboxylic acids is 1. The molecule has 2 rings (SSSR count). The minimum atomic E-state index is 0. The van der Waals surface area contributed by atoms with Crippen LogP contribution in [-0.2, 0) is 22.6 Å². The van der Waals surface area contributed by atoms with Gasteiger partial charge in [-0.1, -0.05) is 38.1 Å². The Labute approximate surface area is 214 Å². The maximum absolute atomic E-state index is 12.0. The molecule has 0 aromatic heterocycles. The number of halogens is 1. The molecule has 182 valence electrons. The summed E-state index contributed by atoms with van der Waals surface area (Å²) in [5.41, 5.74) is 4.04. The molecule has 33 heavy (non-hydrogen) atoms. The van der Waals surface area contributed by atoms with Crippen molar-refractivity contribution in [2.45, 2.75) is 40.3 Å². The van der Waals surface area contributed by atoms with Crippen LogP contribution in [0.3, 0.4) is 0 Å². The number of guanidine groups is 1. The minimum absolute atomic E-state index is 0. The number of methoxy groups -OCH3 is 1. The van der Waals surface area contributed by atoms with Crippen LogP contribution in [0.15, 0.2) is 47.5 Å². The number of nitrogens with zero attached hydrogens (tertiary/aromatic N) is 1. The molecule has 2 aromatic carbocycles. The van der Waals surface area contributed by atoms with Gasteiger partial charge in [-0.15, -0.1) is 24.0 Å². The molecule has 7 nitrogen and oxygen atoms in total. The fraction of sp³-hybridized carbons (Fsp3) is 0.440. The number of carbonyl (C=O) groups is 1. The van der Waals surface area contributed by atoms with Crippen LogP contribution in [0.1, 0.15) is 37.0 Å². The third kappa shape index (κ3) is 10.9. The highest BCUT2D eigenvalue weighted by molar-refractivity contribution is 14.0. The maximum atomic E-state index is 12.0. The van der Waals surface area contributed by atoms with Crippen LogP contribution in [-0.4, -0.2) is 39.2 Å². The molecular weight excluding hydrogens is 531 g/mol. The summed E-state index contributed by atoms with van der Waals surface area (Å²) in [5.74, 6) is 1.88. The highest BCUT2D eigenvalue weighted by Crippen LogP contribution is 2.20. The van der Waals surface area contributed by atoms with E-state index >= 15 is 0 Å². The van der Waals surface area contributed by atoms with Gasteiger partial charge in [0.2, 0.25) is 5.91 Å². The topological polar surface area (TPSA) is 84.0 Å². The zero-order valence-electron chi connectivity index (χ0n) is 20.2. The van der Waals surface area contributed by atoms with E-state index in [0.29, 0.717) is 44.6 Å². The Morgan fingerprint density at radius 3 is 2.52 bits per heavy atom. The molecule has 0 saturated carbocycles. The number of rotatable bonds is 11. The second kappa shape index (κ2) is 15.5. The van der Waals surface area contributed by atoms with Gasteiger partial charge in [0.15, 0.2) is 5.96 Å². The van der Waals surface area contributed by atoms with Gasteiger partial charge in [0.05, 0.1) is 6.61 Å². The molecule has 0 aliphatic heterocycles. The maximum Gasteiger partial charge on any atom is 0.224 e. The second-order valence-electron chi connectivity index (χ2n) is 8.08. The Hall–Kier alpha value is -2.33. The van der Waals surface area contributed by atoms with E-state index in [1.54, 1.807) is 14.2 Å². The second-order valence-corrected chi connectivity index (χ2v) is 8.08. The zero-order chi connectivity index (χ0) is 23.3. The molecule has 0 radical (unpaired) electrons. The summed E-state index contributed by atoms with van der Waals surface area (Å²) in [4.78, 5) is 16.3. The first kappa shape index (κ1) is 28.7. The lowest BCUT2D eigenvalue weighted by Gasteiger charge is -2.16. The number of aryl methyl sites for hydroxylation is 1. The van der Waals surface area contributed by atoms with Crippen molar-refractivity contribution in [3.8, 4) is 5.75 Å². The number of hydrogen-bond donors (Lipinski definition) is 3. The molecule has 0 spiro atoms. The van der Waals surface area contributed by atoms with E-state index in [-0.39, 0.29) is 29.9 Å². The predicted molar refractivity (Wildman–Crippen MR) is 146 cm³/mol. The number of ether oxygens (including phenoxy) is 2. The minimum Gasteiger partial charge on any atom is -0.491 e. The molecule has 0 unspecified atom stereocenters. The Kier molecular flexibility index (Phi) is 13.5. The van der Waals surface area contributed by atoms with Gasteiger partial charge < -0.3 is 25.4 Å². The first-order valence-corrected chi connectivity index (χ1v) is 11.0. The van der Waals surface area contributed by atoms with Gasteiger partial charge in [-0.25, -0.2) is 0 Å². The largest absolute Gasteiger partial charge is 0.491 e. The standard InChI is InChI=1S/C25H36N4O3.HI/c1-18(2)13-24(30)29-22-8-6-7-20(15-22)16-27-25(26-4)28-17-21-10-9-19(3)14-23(21)32-12-11-31-5;/h6-10,14-15,18H,11-13,16-17H2,1-5H3,(H,29,30)(H2,26,27,28);1H. The van der Waals surface area contributed by atoms with Crippen LogP contribution in [0, 0.1) is 12.8 Å². The summed E-state index contributed by atoms with van der Waals surface area (Å²) in [6.07, 6.45) is 0.509. The fourth-order valence-electron chi connectivity index (χ4n) is 3.10. The Morgan fingerprint density at radius 1 is 1.06 bits per heavy atom. The molecule has 0 aliphatic rings. The van der Waals surface area contributed by atoms with Crippen LogP contribution in [0.5, 0.6) is 5.75 Å². The molecule has 0 saturated heterocycles. The van der Waals surface area contributed by atoms with Crippen molar-refractivity contribution in [2.75, 3.05) is 32.7 Å². The third-order valence-electron chi connectivity index (χ3n) is 4.70. The summed E-state index contributed by atoms with van der Waals surface area (Å²) in [6, 6.07) is 14.0. The summed E-state index contributed by atoms with van der Waals surface area (Å²) in [7, 11) is 3.40. The molecule has 3 N–H and O–H groups in total. The van der Waals surface area contributed by atoms with E-state index in [1.807, 2.05) is 51.1 Å². The van der Waals surface area contributed by atoms with Crippen molar-refractivity contribution in [3.05, 3.63) is 59.2 Å². The van der Waals surface area contributed by atoms with Gasteiger partial charge in [-0.05, 0) is 42.2 Å². The zero-order valence-corrected chi connectivity index (χ0v) is 22.6. The average molecular weight is 569 g/mol. The quantitative estimate of drug-likeness (QED) is 0.161. The van der Waals surface area contributed by atoms with E-state index in [4.69, 9.17) is 9.47 Å². The van der Waals surface area contributed by atoms with Crippen molar-refractivity contribution in [1.82, 2.24) is 10.6 Å². The number of benzene rings is 2. The molecule has 1 amide bonds. The Balaban J connectivity index is 0.00000544. The normalized spacial score (nSPS) is 11.0. The molecule has 0 atom stereocenters. The number of anilines is 1. The fourth-order valence-corrected chi connectivity index (χ4v) is 3.10. The highest BCUT2D eigenvalue weighted by Gasteiger charge is 2.08. The lowest BCUT2D eigenvalue weighted by atomic mass is 10.1. The lowest BCUT2D eigenvalue weighted by molar-refractivity contribution is -0.116. The van der Waals surface area contributed by atoms with Crippen molar-refractivity contribution in [1.29, 1.82) is 0 Å². The van der Waals surface area contributed by atoms with Crippen molar-refractivity contribution >= 4 is 41.5 Å². The van der Waals surface area contributed by atoms with Gasteiger partial charge in [-0.2, -0.15) is 0 Å². The summed E-state index contributed by atoms with van der Waals surface area (Å²) >= 11 is 0.